The SMILES string of the molecule is Cc1ccc(NC(=O)NCC2CCCN(C(=O)c3ccc(C(=O)NC(C)(C)C)cc3)C2)cc1. The summed E-state index contributed by atoms with van der Waals surface area (Å²) in [5.41, 5.74) is 2.66. The van der Waals surface area contributed by atoms with Gasteiger partial charge in [0, 0.05) is 42.0 Å². The topological polar surface area (TPSA) is 90.5 Å². The number of amides is 4. The zero-order valence-electron chi connectivity index (χ0n) is 19.9. The third-order valence-corrected chi connectivity index (χ3v) is 5.55. The third-order valence-electron chi connectivity index (χ3n) is 5.55. The number of nitrogens with one attached hydrogen (secondary N) is 3. The average molecular weight is 451 g/mol. The minimum atomic E-state index is -0.320. The molecule has 3 N–H and O–H groups in total. The number of anilines is 1. The fourth-order valence-corrected chi connectivity index (χ4v) is 3.82. The molecule has 1 atom stereocenters. The van der Waals surface area contributed by atoms with Crippen molar-refractivity contribution in [2.45, 2.75) is 46.1 Å². The first kappa shape index (κ1) is 24.3. The van der Waals surface area contributed by atoms with Gasteiger partial charge in [0.1, 0.15) is 0 Å². The van der Waals surface area contributed by atoms with Crippen LogP contribution in [0.3, 0.4) is 0 Å². The Kier molecular flexibility index (Phi) is 7.74. The Morgan fingerprint density at radius 2 is 1.61 bits per heavy atom. The van der Waals surface area contributed by atoms with Crippen molar-refractivity contribution >= 4 is 23.5 Å². The van der Waals surface area contributed by atoms with Crippen LogP contribution in [0, 0.1) is 12.8 Å². The highest BCUT2D eigenvalue weighted by Crippen LogP contribution is 2.19. The molecule has 3 rings (SSSR count). The number of benzene rings is 2. The summed E-state index contributed by atoms with van der Waals surface area (Å²) in [5.74, 6) is -0.00980. The summed E-state index contributed by atoms with van der Waals surface area (Å²) < 4.78 is 0. The Balaban J connectivity index is 1.51. The summed E-state index contributed by atoms with van der Waals surface area (Å²) >= 11 is 0. The standard InChI is InChI=1S/C26H34N4O3/c1-18-7-13-22(14-8-18)28-25(33)27-16-19-6-5-15-30(17-19)24(32)21-11-9-20(10-12-21)23(31)29-26(2,3)4/h7-14,19H,5-6,15-17H2,1-4H3,(H,29,31)(H2,27,28,33). The van der Waals surface area contributed by atoms with Gasteiger partial charge in [0.25, 0.3) is 11.8 Å². The molecule has 33 heavy (non-hydrogen) atoms. The van der Waals surface area contributed by atoms with Crippen molar-refractivity contribution in [2.24, 2.45) is 5.92 Å². The van der Waals surface area contributed by atoms with Crippen LogP contribution in [0.1, 0.15) is 59.9 Å². The van der Waals surface area contributed by atoms with Gasteiger partial charge in [-0.25, -0.2) is 4.79 Å². The molecule has 0 aromatic heterocycles. The molecule has 1 aliphatic rings. The molecule has 1 heterocycles. The lowest BCUT2D eigenvalue weighted by Crippen LogP contribution is -2.44. The van der Waals surface area contributed by atoms with Gasteiger partial charge < -0.3 is 20.9 Å². The number of piperidine rings is 1. The largest absolute Gasteiger partial charge is 0.347 e. The third kappa shape index (κ3) is 7.34. The normalized spacial score (nSPS) is 16.1. The molecule has 4 amide bonds. The average Bonchev–Trinajstić information content (AvgIpc) is 2.78. The zero-order chi connectivity index (χ0) is 24.0. The maximum Gasteiger partial charge on any atom is 0.319 e. The molecule has 2 aromatic rings. The highest BCUT2D eigenvalue weighted by molar-refractivity contribution is 5.98. The molecule has 1 unspecified atom stereocenters. The van der Waals surface area contributed by atoms with E-state index in [2.05, 4.69) is 16.0 Å². The Hall–Kier alpha value is -3.35. The molecular weight excluding hydrogens is 416 g/mol. The van der Waals surface area contributed by atoms with E-state index in [9.17, 15) is 14.4 Å². The Labute approximate surface area is 195 Å². The number of aryl methyl sites for hydroxylation is 1. The minimum absolute atomic E-state index is 0.0495. The molecule has 7 heteroatoms. The van der Waals surface area contributed by atoms with Crippen molar-refractivity contribution in [1.82, 2.24) is 15.5 Å². The Bertz CT molecular complexity index is 978. The number of nitrogens with zero attached hydrogens (tertiary/aromatic N) is 1. The summed E-state index contributed by atoms with van der Waals surface area (Å²) in [6.45, 7) is 9.57. The van der Waals surface area contributed by atoms with Crippen molar-refractivity contribution in [3.8, 4) is 0 Å². The first-order chi connectivity index (χ1) is 15.6. The molecule has 7 nitrogen and oxygen atoms in total. The lowest BCUT2D eigenvalue weighted by molar-refractivity contribution is 0.0674. The van der Waals surface area contributed by atoms with Crippen LogP contribution in [0.4, 0.5) is 10.5 Å². The van der Waals surface area contributed by atoms with Crippen molar-refractivity contribution in [1.29, 1.82) is 0 Å². The number of hydrogen-bond donors (Lipinski definition) is 3. The van der Waals surface area contributed by atoms with Crippen LogP contribution in [0.2, 0.25) is 0 Å². The smallest absolute Gasteiger partial charge is 0.319 e. The molecule has 0 radical (unpaired) electrons. The molecular formula is C26H34N4O3. The maximum absolute atomic E-state index is 13.0. The van der Waals surface area contributed by atoms with E-state index in [1.54, 1.807) is 24.3 Å². The number of hydrogen-bond acceptors (Lipinski definition) is 3. The highest BCUT2D eigenvalue weighted by Gasteiger charge is 2.25. The molecule has 176 valence electrons. The molecule has 2 aromatic carbocycles. The van der Waals surface area contributed by atoms with E-state index in [0.717, 1.165) is 24.1 Å². The van der Waals surface area contributed by atoms with E-state index >= 15 is 0 Å². The second kappa shape index (κ2) is 10.5. The van der Waals surface area contributed by atoms with Gasteiger partial charge in [-0.3, -0.25) is 9.59 Å². The van der Waals surface area contributed by atoms with Gasteiger partial charge >= 0.3 is 6.03 Å². The molecule has 0 saturated carbocycles. The van der Waals surface area contributed by atoms with Crippen molar-refractivity contribution in [2.75, 3.05) is 25.0 Å². The van der Waals surface area contributed by atoms with Crippen LogP contribution >= 0.6 is 0 Å². The molecule has 1 aliphatic heterocycles. The number of carbonyl (C=O) groups is 3. The minimum Gasteiger partial charge on any atom is -0.347 e. The maximum atomic E-state index is 13.0. The van der Waals surface area contributed by atoms with Crippen LogP contribution in [-0.2, 0) is 0 Å². The lowest BCUT2D eigenvalue weighted by Gasteiger charge is -2.33. The summed E-state index contributed by atoms with van der Waals surface area (Å²) in [4.78, 5) is 39.3. The lowest BCUT2D eigenvalue weighted by atomic mass is 9.97. The molecule has 0 spiro atoms. The second-order valence-corrected chi connectivity index (χ2v) is 9.74. The van der Waals surface area contributed by atoms with Crippen LogP contribution in [0.5, 0.6) is 0 Å². The van der Waals surface area contributed by atoms with Crippen LogP contribution in [0.25, 0.3) is 0 Å². The zero-order valence-corrected chi connectivity index (χ0v) is 19.9. The van der Waals surface area contributed by atoms with Gasteiger partial charge in [-0.1, -0.05) is 17.7 Å². The number of likely N-dealkylation sites (tertiary alicyclic amines) is 1. The van der Waals surface area contributed by atoms with Gasteiger partial charge in [-0.05, 0) is 82.9 Å². The number of carbonyl (C=O) groups excluding carboxylic acids is 3. The van der Waals surface area contributed by atoms with Crippen molar-refractivity contribution < 1.29 is 14.4 Å². The van der Waals surface area contributed by atoms with E-state index in [1.807, 2.05) is 56.9 Å². The van der Waals surface area contributed by atoms with E-state index in [1.165, 1.54) is 0 Å². The van der Waals surface area contributed by atoms with Crippen molar-refractivity contribution in [3.05, 3.63) is 65.2 Å². The van der Waals surface area contributed by atoms with Gasteiger partial charge in [0.05, 0.1) is 0 Å². The predicted octanol–water partition coefficient (Wildman–Crippen LogP) is 4.20. The van der Waals surface area contributed by atoms with Crippen LogP contribution in [0.15, 0.2) is 48.5 Å². The molecule has 1 fully saturated rings. The fraction of sp³-hybridized carbons (Fsp3) is 0.423. The summed E-state index contributed by atoms with van der Waals surface area (Å²) in [7, 11) is 0. The van der Waals surface area contributed by atoms with E-state index in [-0.39, 0.29) is 29.3 Å². The molecule has 0 aliphatic carbocycles. The van der Waals surface area contributed by atoms with Gasteiger partial charge in [0.15, 0.2) is 0 Å². The fourth-order valence-electron chi connectivity index (χ4n) is 3.82. The Morgan fingerprint density at radius 1 is 0.970 bits per heavy atom. The van der Waals surface area contributed by atoms with Gasteiger partial charge in [0.2, 0.25) is 0 Å². The molecule has 1 saturated heterocycles. The van der Waals surface area contributed by atoms with Crippen molar-refractivity contribution in [3.63, 3.8) is 0 Å². The predicted molar refractivity (Wildman–Crippen MR) is 130 cm³/mol. The van der Waals surface area contributed by atoms with E-state index in [4.69, 9.17) is 0 Å². The summed E-state index contributed by atoms with van der Waals surface area (Å²) in [5, 5.41) is 8.67. The summed E-state index contributed by atoms with van der Waals surface area (Å²) in [6, 6.07) is 14.2. The van der Waals surface area contributed by atoms with Gasteiger partial charge in [-0.15, -0.1) is 0 Å². The first-order valence-electron chi connectivity index (χ1n) is 11.4. The van der Waals surface area contributed by atoms with Crippen LogP contribution < -0.4 is 16.0 Å². The second-order valence-electron chi connectivity index (χ2n) is 9.74. The number of urea groups is 1. The monoisotopic (exact) mass is 450 g/mol. The number of rotatable bonds is 5. The Morgan fingerprint density at radius 3 is 2.24 bits per heavy atom. The van der Waals surface area contributed by atoms with Crippen LogP contribution in [-0.4, -0.2) is 47.9 Å². The van der Waals surface area contributed by atoms with E-state index < -0.39 is 0 Å². The van der Waals surface area contributed by atoms with Gasteiger partial charge in [-0.2, -0.15) is 0 Å². The van der Waals surface area contributed by atoms with E-state index in [0.29, 0.717) is 30.8 Å². The molecule has 0 bridgehead atoms. The first-order valence-corrected chi connectivity index (χ1v) is 11.4. The summed E-state index contributed by atoms with van der Waals surface area (Å²) in [6.07, 6.45) is 1.85. The quantitative estimate of drug-likeness (QED) is 0.638. The highest BCUT2D eigenvalue weighted by atomic mass is 16.2.